The van der Waals surface area contributed by atoms with Gasteiger partial charge >= 0.3 is 0 Å². The average Bonchev–Trinajstić information content (AvgIpc) is 2.69. The topological polar surface area (TPSA) is 49.4 Å². The van der Waals surface area contributed by atoms with Gasteiger partial charge in [-0.1, -0.05) is 37.3 Å². The summed E-state index contributed by atoms with van der Waals surface area (Å²) >= 11 is 1.57. The van der Waals surface area contributed by atoms with Crippen LogP contribution in [0.4, 0.5) is 5.69 Å². The quantitative estimate of drug-likeness (QED) is 0.804. The predicted molar refractivity (Wildman–Crippen MR) is 112 cm³/mol. The Labute approximate surface area is 165 Å². The number of likely N-dealkylation sites (tertiary alicyclic amines) is 1. The molecule has 1 heterocycles. The predicted octanol–water partition coefficient (Wildman–Crippen LogP) is 4.43. The van der Waals surface area contributed by atoms with E-state index in [9.17, 15) is 9.59 Å². The number of nitrogens with one attached hydrogen (secondary N) is 1. The van der Waals surface area contributed by atoms with Crippen molar-refractivity contribution in [2.75, 3.05) is 24.2 Å². The minimum absolute atomic E-state index is 0.00258. The number of thioether (sulfide) groups is 1. The van der Waals surface area contributed by atoms with Crippen LogP contribution in [0.25, 0.3) is 0 Å². The maximum absolute atomic E-state index is 12.6. The zero-order valence-electron chi connectivity index (χ0n) is 15.7. The zero-order chi connectivity index (χ0) is 19.1. The number of benzene rings is 2. The number of anilines is 1. The number of hydrogen-bond donors (Lipinski definition) is 1. The molecule has 1 N–H and O–H groups in total. The van der Waals surface area contributed by atoms with Gasteiger partial charge in [-0.05, 0) is 48.6 Å². The van der Waals surface area contributed by atoms with Crippen LogP contribution in [0, 0.1) is 5.92 Å². The van der Waals surface area contributed by atoms with Crippen LogP contribution in [0.1, 0.15) is 35.7 Å². The highest BCUT2D eigenvalue weighted by molar-refractivity contribution is 7.99. The SMILES string of the molecule is CC1CCCN(C(=O)c2ccc(CSCC(=O)Nc3ccccc3)cc2)C1. The summed E-state index contributed by atoms with van der Waals surface area (Å²) in [6.07, 6.45) is 2.30. The Morgan fingerprint density at radius 3 is 2.56 bits per heavy atom. The van der Waals surface area contributed by atoms with Gasteiger partial charge in [0.25, 0.3) is 5.91 Å². The molecule has 1 aliphatic rings. The molecule has 0 saturated carbocycles. The molecule has 1 saturated heterocycles. The number of piperidine rings is 1. The highest BCUT2D eigenvalue weighted by atomic mass is 32.2. The fourth-order valence-corrected chi connectivity index (χ4v) is 4.07. The molecule has 27 heavy (non-hydrogen) atoms. The maximum atomic E-state index is 12.6. The molecule has 0 bridgehead atoms. The highest BCUT2D eigenvalue weighted by Crippen LogP contribution is 2.19. The van der Waals surface area contributed by atoms with Gasteiger partial charge in [-0.2, -0.15) is 0 Å². The molecule has 3 rings (SSSR count). The Balaban J connectivity index is 1.45. The lowest BCUT2D eigenvalue weighted by atomic mass is 9.99. The fraction of sp³-hybridized carbons (Fsp3) is 0.364. The van der Waals surface area contributed by atoms with Crippen LogP contribution in [0.3, 0.4) is 0 Å². The van der Waals surface area contributed by atoms with E-state index in [1.165, 1.54) is 6.42 Å². The Morgan fingerprint density at radius 1 is 1.11 bits per heavy atom. The second kappa shape index (κ2) is 9.60. The first kappa shape index (κ1) is 19.5. The van der Waals surface area contributed by atoms with Crippen molar-refractivity contribution in [1.29, 1.82) is 0 Å². The van der Waals surface area contributed by atoms with Crippen molar-refractivity contribution in [2.45, 2.75) is 25.5 Å². The van der Waals surface area contributed by atoms with E-state index >= 15 is 0 Å². The third-order valence-electron chi connectivity index (χ3n) is 4.70. The molecular formula is C22H26N2O2S. The summed E-state index contributed by atoms with van der Waals surface area (Å²) in [6, 6.07) is 17.3. The van der Waals surface area contributed by atoms with Gasteiger partial charge in [-0.25, -0.2) is 0 Å². The van der Waals surface area contributed by atoms with Crippen molar-refractivity contribution in [3.05, 3.63) is 65.7 Å². The Morgan fingerprint density at radius 2 is 1.85 bits per heavy atom. The first-order chi connectivity index (χ1) is 13.1. The average molecular weight is 383 g/mol. The van der Waals surface area contributed by atoms with Gasteiger partial charge in [0.1, 0.15) is 0 Å². The van der Waals surface area contributed by atoms with E-state index in [4.69, 9.17) is 0 Å². The second-order valence-electron chi connectivity index (χ2n) is 7.10. The Hall–Kier alpha value is -2.27. The van der Waals surface area contributed by atoms with Crippen molar-refractivity contribution >= 4 is 29.3 Å². The van der Waals surface area contributed by atoms with Gasteiger partial charge in [-0.15, -0.1) is 11.8 Å². The van der Waals surface area contributed by atoms with Crippen LogP contribution in [-0.4, -0.2) is 35.6 Å². The molecule has 2 aromatic carbocycles. The zero-order valence-corrected chi connectivity index (χ0v) is 16.5. The number of hydrogen-bond acceptors (Lipinski definition) is 3. The molecule has 142 valence electrons. The Bertz CT molecular complexity index is 762. The number of carbonyl (C=O) groups excluding carboxylic acids is 2. The molecule has 0 radical (unpaired) electrons. The molecule has 4 nitrogen and oxygen atoms in total. The van der Waals surface area contributed by atoms with Crippen molar-refractivity contribution in [3.63, 3.8) is 0 Å². The highest BCUT2D eigenvalue weighted by Gasteiger charge is 2.21. The third-order valence-corrected chi connectivity index (χ3v) is 5.71. The number of amides is 2. The number of para-hydroxylation sites is 1. The molecule has 1 aliphatic heterocycles. The van der Waals surface area contributed by atoms with Crippen molar-refractivity contribution in [2.24, 2.45) is 5.92 Å². The van der Waals surface area contributed by atoms with Gasteiger partial charge in [0.05, 0.1) is 5.75 Å². The van der Waals surface area contributed by atoms with Gasteiger partial charge < -0.3 is 10.2 Å². The lowest BCUT2D eigenvalue weighted by Gasteiger charge is -2.31. The normalized spacial score (nSPS) is 16.8. The van der Waals surface area contributed by atoms with E-state index in [1.54, 1.807) is 11.8 Å². The lowest BCUT2D eigenvalue weighted by Crippen LogP contribution is -2.39. The molecule has 1 unspecified atom stereocenters. The van der Waals surface area contributed by atoms with E-state index in [2.05, 4.69) is 12.2 Å². The van der Waals surface area contributed by atoms with Crippen molar-refractivity contribution in [3.8, 4) is 0 Å². The smallest absolute Gasteiger partial charge is 0.253 e. The van der Waals surface area contributed by atoms with Crippen LogP contribution >= 0.6 is 11.8 Å². The molecule has 0 aliphatic carbocycles. The standard InChI is InChI=1S/C22H26N2O2S/c1-17-6-5-13-24(14-17)22(26)19-11-9-18(10-12-19)15-27-16-21(25)23-20-7-3-2-4-8-20/h2-4,7-12,17H,5-6,13-16H2,1H3,(H,23,25). The molecule has 2 amide bonds. The summed E-state index contributed by atoms with van der Waals surface area (Å²) in [7, 11) is 0. The molecular weight excluding hydrogens is 356 g/mol. The molecule has 0 aromatic heterocycles. The summed E-state index contributed by atoms with van der Waals surface area (Å²) in [6.45, 7) is 3.91. The summed E-state index contributed by atoms with van der Waals surface area (Å²) in [5, 5.41) is 2.88. The summed E-state index contributed by atoms with van der Waals surface area (Å²) in [5.74, 6) is 1.86. The summed E-state index contributed by atoms with van der Waals surface area (Å²) in [5.41, 5.74) is 2.69. The maximum Gasteiger partial charge on any atom is 0.253 e. The van der Waals surface area contributed by atoms with Crippen LogP contribution in [-0.2, 0) is 10.5 Å². The molecule has 0 spiro atoms. The number of nitrogens with zero attached hydrogens (tertiary/aromatic N) is 1. The van der Waals surface area contributed by atoms with E-state index in [0.717, 1.165) is 42.1 Å². The first-order valence-electron chi connectivity index (χ1n) is 9.42. The van der Waals surface area contributed by atoms with Crippen LogP contribution < -0.4 is 5.32 Å². The second-order valence-corrected chi connectivity index (χ2v) is 8.09. The molecule has 2 aromatic rings. The summed E-state index contributed by atoms with van der Waals surface area (Å²) < 4.78 is 0. The van der Waals surface area contributed by atoms with Crippen LogP contribution in [0.2, 0.25) is 0 Å². The van der Waals surface area contributed by atoms with Crippen molar-refractivity contribution < 1.29 is 9.59 Å². The minimum atomic E-state index is -0.00258. The van der Waals surface area contributed by atoms with Crippen LogP contribution in [0.5, 0.6) is 0 Å². The molecule has 5 heteroatoms. The first-order valence-corrected chi connectivity index (χ1v) is 10.6. The monoisotopic (exact) mass is 382 g/mol. The van der Waals surface area contributed by atoms with Gasteiger partial charge in [0.15, 0.2) is 0 Å². The van der Waals surface area contributed by atoms with E-state index in [-0.39, 0.29) is 11.8 Å². The largest absolute Gasteiger partial charge is 0.338 e. The summed E-state index contributed by atoms with van der Waals surface area (Å²) in [4.78, 5) is 26.5. The fourth-order valence-electron chi connectivity index (χ4n) is 3.28. The molecule has 1 fully saturated rings. The van der Waals surface area contributed by atoms with Gasteiger partial charge in [0, 0.05) is 30.1 Å². The number of carbonyl (C=O) groups is 2. The Kier molecular flexibility index (Phi) is 6.93. The van der Waals surface area contributed by atoms with E-state index in [1.807, 2.05) is 59.5 Å². The lowest BCUT2D eigenvalue weighted by molar-refractivity contribution is -0.113. The third kappa shape index (κ3) is 5.86. The van der Waals surface area contributed by atoms with E-state index in [0.29, 0.717) is 11.7 Å². The minimum Gasteiger partial charge on any atom is -0.338 e. The van der Waals surface area contributed by atoms with Crippen LogP contribution in [0.15, 0.2) is 54.6 Å². The van der Waals surface area contributed by atoms with Crippen molar-refractivity contribution in [1.82, 2.24) is 4.90 Å². The number of rotatable bonds is 6. The van der Waals surface area contributed by atoms with E-state index < -0.39 is 0 Å². The van der Waals surface area contributed by atoms with Gasteiger partial charge in [-0.3, -0.25) is 9.59 Å². The van der Waals surface area contributed by atoms with Gasteiger partial charge in [0.2, 0.25) is 5.91 Å². The molecule has 1 atom stereocenters.